The van der Waals surface area contributed by atoms with E-state index in [1.807, 2.05) is 6.07 Å². The summed E-state index contributed by atoms with van der Waals surface area (Å²) in [5.41, 5.74) is 2.74. The minimum absolute atomic E-state index is 0.110. The number of pyridine rings is 1. The highest BCUT2D eigenvalue weighted by Gasteiger charge is 2.18. The van der Waals surface area contributed by atoms with Crippen molar-refractivity contribution in [1.29, 1.82) is 0 Å². The zero-order valence-electron chi connectivity index (χ0n) is 11.4. The van der Waals surface area contributed by atoms with Gasteiger partial charge in [0.2, 0.25) is 0 Å². The Kier molecular flexibility index (Phi) is 3.80. The van der Waals surface area contributed by atoms with E-state index in [9.17, 15) is 4.79 Å². The first-order valence-electron chi connectivity index (χ1n) is 6.86. The number of fused-ring (bicyclic) bond motifs is 1. The zero-order chi connectivity index (χ0) is 14.8. The molecule has 2 aromatic rings. The summed E-state index contributed by atoms with van der Waals surface area (Å²) in [7, 11) is 0. The summed E-state index contributed by atoms with van der Waals surface area (Å²) >= 11 is 6.22. The lowest BCUT2D eigenvalue weighted by Gasteiger charge is -2.23. The molecule has 1 aromatic carbocycles. The van der Waals surface area contributed by atoms with Crippen molar-refractivity contribution in [2.75, 3.05) is 11.4 Å². The van der Waals surface area contributed by atoms with Gasteiger partial charge in [-0.25, -0.2) is 9.78 Å². The van der Waals surface area contributed by atoms with Crippen LogP contribution >= 0.6 is 11.6 Å². The Morgan fingerprint density at radius 1 is 1.29 bits per heavy atom. The topological polar surface area (TPSA) is 53.4 Å². The predicted molar refractivity (Wildman–Crippen MR) is 82.0 cm³/mol. The molecule has 0 amide bonds. The molecule has 0 bridgehead atoms. The standard InChI is InChI=1S/C16H15ClN2O2/c17-14-8-13(16(20)21)9-18-15(14)19-7-3-6-11-4-1-2-5-12(11)10-19/h1-2,4-5,8-9H,3,6-7,10H2,(H,20,21). The molecule has 0 saturated heterocycles. The Labute approximate surface area is 128 Å². The molecule has 2 heterocycles. The molecule has 0 saturated carbocycles. The van der Waals surface area contributed by atoms with Crippen molar-refractivity contribution in [3.8, 4) is 0 Å². The third kappa shape index (κ3) is 2.85. The molecule has 0 spiro atoms. The molecule has 108 valence electrons. The first-order valence-corrected chi connectivity index (χ1v) is 7.23. The van der Waals surface area contributed by atoms with Crippen molar-refractivity contribution < 1.29 is 9.90 Å². The molecule has 0 atom stereocenters. The normalized spacial score (nSPS) is 14.4. The van der Waals surface area contributed by atoms with Gasteiger partial charge in [0.25, 0.3) is 0 Å². The van der Waals surface area contributed by atoms with Crippen LogP contribution in [0.5, 0.6) is 0 Å². The Hall–Kier alpha value is -2.07. The van der Waals surface area contributed by atoms with Crippen molar-refractivity contribution in [1.82, 2.24) is 4.98 Å². The smallest absolute Gasteiger partial charge is 0.337 e. The van der Waals surface area contributed by atoms with Crippen LogP contribution in [0.2, 0.25) is 5.02 Å². The average molecular weight is 303 g/mol. The average Bonchev–Trinajstić information content (AvgIpc) is 2.69. The summed E-state index contributed by atoms with van der Waals surface area (Å²) in [6.45, 7) is 1.60. The Balaban J connectivity index is 1.92. The number of hydrogen-bond donors (Lipinski definition) is 1. The summed E-state index contributed by atoms with van der Waals surface area (Å²) in [6, 6.07) is 9.82. The van der Waals surface area contributed by atoms with Crippen molar-refractivity contribution in [2.24, 2.45) is 0 Å². The minimum Gasteiger partial charge on any atom is -0.478 e. The number of carbonyl (C=O) groups is 1. The molecule has 0 aliphatic carbocycles. The number of anilines is 1. The third-order valence-corrected chi connectivity index (χ3v) is 4.00. The number of nitrogens with zero attached hydrogens (tertiary/aromatic N) is 2. The van der Waals surface area contributed by atoms with E-state index in [1.54, 1.807) is 0 Å². The van der Waals surface area contributed by atoms with Gasteiger partial charge in [0, 0.05) is 19.3 Å². The molecule has 3 rings (SSSR count). The van der Waals surface area contributed by atoms with E-state index in [4.69, 9.17) is 16.7 Å². The van der Waals surface area contributed by atoms with E-state index in [0.29, 0.717) is 10.8 Å². The lowest BCUT2D eigenvalue weighted by Crippen LogP contribution is -2.24. The van der Waals surface area contributed by atoms with Crippen molar-refractivity contribution in [2.45, 2.75) is 19.4 Å². The number of aromatic nitrogens is 1. The molecular weight excluding hydrogens is 288 g/mol. The number of hydrogen-bond acceptors (Lipinski definition) is 3. The molecule has 21 heavy (non-hydrogen) atoms. The van der Waals surface area contributed by atoms with E-state index in [2.05, 4.69) is 28.1 Å². The van der Waals surface area contributed by atoms with Crippen LogP contribution in [0.3, 0.4) is 0 Å². The van der Waals surface area contributed by atoms with E-state index in [1.165, 1.54) is 23.4 Å². The van der Waals surface area contributed by atoms with Gasteiger partial charge in [-0.15, -0.1) is 0 Å². The molecule has 1 aliphatic rings. The summed E-state index contributed by atoms with van der Waals surface area (Å²) < 4.78 is 0. The number of halogens is 1. The molecule has 1 aromatic heterocycles. The Morgan fingerprint density at radius 2 is 2.05 bits per heavy atom. The molecular formula is C16H15ClN2O2. The van der Waals surface area contributed by atoms with Crippen LogP contribution in [0.4, 0.5) is 5.82 Å². The fourth-order valence-corrected chi connectivity index (χ4v) is 2.95. The summed E-state index contributed by atoms with van der Waals surface area (Å²) in [5, 5.41) is 9.36. The monoisotopic (exact) mass is 302 g/mol. The van der Waals surface area contributed by atoms with E-state index >= 15 is 0 Å². The van der Waals surface area contributed by atoms with Crippen LogP contribution in [0.15, 0.2) is 36.5 Å². The maximum absolute atomic E-state index is 10.9. The molecule has 0 radical (unpaired) electrons. The second-order valence-corrected chi connectivity index (χ2v) is 5.54. The van der Waals surface area contributed by atoms with Crippen LogP contribution < -0.4 is 4.90 Å². The molecule has 4 nitrogen and oxygen atoms in total. The van der Waals surface area contributed by atoms with Gasteiger partial charge >= 0.3 is 5.97 Å². The van der Waals surface area contributed by atoms with E-state index in [0.717, 1.165) is 25.9 Å². The number of aryl methyl sites for hydroxylation is 1. The maximum Gasteiger partial charge on any atom is 0.337 e. The van der Waals surface area contributed by atoms with Crippen molar-refractivity contribution >= 4 is 23.4 Å². The quantitative estimate of drug-likeness (QED) is 0.924. The summed E-state index contributed by atoms with van der Waals surface area (Å²) in [5.74, 6) is -0.365. The summed E-state index contributed by atoms with van der Waals surface area (Å²) in [4.78, 5) is 17.3. The maximum atomic E-state index is 10.9. The second-order valence-electron chi connectivity index (χ2n) is 5.13. The summed E-state index contributed by atoms with van der Waals surface area (Å²) in [6.07, 6.45) is 3.42. The highest BCUT2D eigenvalue weighted by Crippen LogP contribution is 2.28. The van der Waals surface area contributed by atoms with Crippen LogP contribution in [-0.2, 0) is 13.0 Å². The number of aromatic carboxylic acids is 1. The van der Waals surface area contributed by atoms with Crippen LogP contribution in [-0.4, -0.2) is 22.6 Å². The Morgan fingerprint density at radius 3 is 2.76 bits per heavy atom. The molecule has 1 aliphatic heterocycles. The SMILES string of the molecule is O=C(O)c1cnc(N2CCCc3ccccc3C2)c(Cl)c1. The molecule has 0 fully saturated rings. The van der Waals surface area contributed by atoms with Crippen molar-refractivity contribution in [3.63, 3.8) is 0 Å². The number of rotatable bonds is 2. The predicted octanol–water partition coefficient (Wildman–Crippen LogP) is 3.39. The van der Waals surface area contributed by atoms with Gasteiger partial charge in [0.05, 0.1) is 10.6 Å². The first kappa shape index (κ1) is 13.9. The van der Waals surface area contributed by atoms with Gasteiger partial charge in [-0.3, -0.25) is 0 Å². The lowest BCUT2D eigenvalue weighted by molar-refractivity contribution is 0.0696. The van der Waals surface area contributed by atoms with Crippen molar-refractivity contribution in [3.05, 3.63) is 58.2 Å². The fraction of sp³-hybridized carbons (Fsp3) is 0.250. The zero-order valence-corrected chi connectivity index (χ0v) is 12.2. The molecule has 1 N–H and O–H groups in total. The first-order chi connectivity index (χ1) is 10.1. The largest absolute Gasteiger partial charge is 0.478 e. The van der Waals surface area contributed by atoms with E-state index in [-0.39, 0.29) is 5.56 Å². The minimum atomic E-state index is -1.02. The highest BCUT2D eigenvalue weighted by atomic mass is 35.5. The molecule has 5 heteroatoms. The Bertz CT molecular complexity index is 688. The van der Waals surface area contributed by atoms with Gasteiger partial charge in [0.15, 0.2) is 0 Å². The molecule has 0 unspecified atom stereocenters. The van der Waals surface area contributed by atoms with Gasteiger partial charge in [-0.2, -0.15) is 0 Å². The fourth-order valence-electron chi connectivity index (χ4n) is 2.66. The van der Waals surface area contributed by atoms with Gasteiger partial charge in [-0.1, -0.05) is 35.9 Å². The second kappa shape index (κ2) is 5.74. The number of carboxylic acids is 1. The van der Waals surface area contributed by atoms with Gasteiger partial charge in [0.1, 0.15) is 5.82 Å². The van der Waals surface area contributed by atoms with Crippen LogP contribution in [0.1, 0.15) is 27.9 Å². The lowest BCUT2D eigenvalue weighted by atomic mass is 10.0. The van der Waals surface area contributed by atoms with Gasteiger partial charge < -0.3 is 10.0 Å². The number of benzene rings is 1. The third-order valence-electron chi connectivity index (χ3n) is 3.72. The van der Waals surface area contributed by atoms with Gasteiger partial charge in [-0.05, 0) is 30.0 Å². The van der Waals surface area contributed by atoms with E-state index < -0.39 is 5.97 Å². The van der Waals surface area contributed by atoms with Crippen LogP contribution in [0.25, 0.3) is 0 Å². The van der Waals surface area contributed by atoms with Crippen LogP contribution in [0, 0.1) is 0 Å². The number of carboxylic acid groups (broad SMARTS) is 1. The highest BCUT2D eigenvalue weighted by molar-refractivity contribution is 6.33.